The Labute approximate surface area is 119 Å². The van der Waals surface area contributed by atoms with Crippen LogP contribution >= 0.6 is 0 Å². The summed E-state index contributed by atoms with van der Waals surface area (Å²) in [6, 6.07) is 5.45. The van der Waals surface area contributed by atoms with Gasteiger partial charge in [-0.05, 0) is 24.1 Å². The molecule has 1 aromatic heterocycles. The van der Waals surface area contributed by atoms with Crippen LogP contribution in [0.25, 0.3) is 0 Å². The number of nitrogens with zero attached hydrogens (tertiary/aromatic N) is 3. The molecule has 0 saturated carbocycles. The van der Waals surface area contributed by atoms with Gasteiger partial charge in [0.2, 0.25) is 0 Å². The molecule has 0 bridgehead atoms. The minimum Gasteiger partial charge on any atom is -0.406 e. The molecule has 114 valence electrons. The number of ether oxygens (including phenoxy) is 1. The van der Waals surface area contributed by atoms with Crippen LogP contribution in [0, 0.1) is 0 Å². The van der Waals surface area contributed by atoms with Crippen molar-refractivity contribution in [1.29, 1.82) is 0 Å². The van der Waals surface area contributed by atoms with E-state index in [2.05, 4.69) is 15.0 Å². The number of halogens is 3. The summed E-state index contributed by atoms with van der Waals surface area (Å²) in [6.45, 7) is 2.35. The molecule has 0 radical (unpaired) electrons. The number of benzene rings is 1. The normalized spacial score (nSPS) is 13.2. The van der Waals surface area contributed by atoms with Gasteiger partial charge in [-0.3, -0.25) is 0 Å². The maximum absolute atomic E-state index is 12.0. The molecule has 2 N–H and O–H groups in total. The molecule has 0 aliphatic heterocycles. The molecule has 2 aromatic rings. The van der Waals surface area contributed by atoms with Crippen LogP contribution in [0.15, 0.2) is 30.5 Å². The average molecular weight is 300 g/mol. The van der Waals surface area contributed by atoms with Crippen molar-refractivity contribution in [3.05, 3.63) is 41.7 Å². The van der Waals surface area contributed by atoms with Crippen molar-refractivity contribution < 1.29 is 17.9 Å². The van der Waals surface area contributed by atoms with Gasteiger partial charge in [0, 0.05) is 0 Å². The molecular weight excluding hydrogens is 285 g/mol. The van der Waals surface area contributed by atoms with Crippen LogP contribution in [-0.2, 0) is 6.54 Å². The number of nitrogens with two attached hydrogens (primary N) is 1. The van der Waals surface area contributed by atoms with Crippen LogP contribution in [0.3, 0.4) is 0 Å². The van der Waals surface area contributed by atoms with Gasteiger partial charge in [-0.2, -0.15) is 0 Å². The van der Waals surface area contributed by atoms with Gasteiger partial charge in [0.05, 0.1) is 24.5 Å². The molecule has 1 atom stereocenters. The van der Waals surface area contributed by atoms with Gasteiger partial charge in [-0.1, -0.05) is 24.3 Å². The second-order valence-electron chi connectivity index (χ2n) is 4.55. The minimum atomic E-state index is -4.68. The third kappa shape index (κ3) is 4.45. The first-order chi connectivity index (χ1) is 9.87. The topological polar surface area (TPSA) is 66.0 Å². The highest BCUT2D eigenvalue weighted by Gasteiger charge is 2.30. The quantitative estimate of drug-likeness (QED) is 0.922. The molecule has 21 heavy (non-hydrogen) atoms. The summed E-state index contributed by atoms with van der Waals surface area (Å²) in [5.74, 6) is -0.251. The lowest BCUT2D eigenvalue weighted by molar-refractivity contribution is -0.274. The standard InChI is InChI=1S/C13H15F3N4O/c1-2-11(17)12-8-20(19-18-12)7-9-3-5-10(6-4-9)21-13(14,15)16/h3-6,8,11H,2,7,17H2,1H3. The van der Waals surface area contributed by atoms with E-state index in [0.717, 1.165) is 12.0 Å². The van der Waals surface area contributed by atoms with Crippen molar-refractivity contribution in [2.45, 2.75) is 32.3 Å². The first-order valence-corrected chi connectivity index (χ1v) is 6.37. The highest BCUT2D eigenvalue weighted by Crippen LogP contribution is 2.23. The highest BCUT2D eigenvalue weighted by atomic mass is 19.4. The van der Waals surface area contributed by atoms with Crippen LogP contribution < -0.4 is 10.5 Å². The van der Waals surface area contributed by atoms with Crippen molar-refractivity contribution in [1.82, 2.24) is 15.0 Å². The zero-order valence-electron chi connectivity index (χ0n) is 11.3. The Morgan fingerprint density at radius 3 is 2.52 bits per heavy atom. The SMILES string of the molecule is CCC(N)c1cn(Cc2ccc(OC(F)(F)F)cc2)nn1. The molecule has 0 amide bonds. The van der Waals surface area contributed by atoms with Gasteiger partial charge >= 0.3 is 6.36 Å². The molecule has 2 rings (SSSR count). The molecule has 1 unspecified atom stereocenters. The summed E-state index contributed by atoms with van der Waals surface area (Å²) in [6.07, 6.45) is -2.20. The maximum atomic E-state index is 12.0. The summed E-state index contributed by atoms with van der Waals surface area (Å²) < 4.78 is 41.5. The van der Waals surface area contributed by atoms with E-state index in [-0.39, 0.29) is 11.8 Å². The molecule has 0 aliphatic carbocycles. The Morgan fingerprint density at radius 2 is 1.95 bits per heavy atom. The Kier molecular flexibility index (Phi) is 4.46. The predicted octanol–water partition coefficient (Wildman–Crippen LogP) is 2.63. The van der Waals surface area contributed by atoms with Gasteiger partial charge in [-0.15, -0.1) is 18.3 Å². The van der Waals surface area contributed by atoms with Crippen LogP contribution in [0.4, 0.5) is 13.2 Å². The zero-order valence-corrected chi connectivity index (χ0v) is 11.3. The fraction of sp³-hybridized carbons (Fsp3) is 0.385. The number of alkyl halides is 3. The first kappa shape index (κ1) is 15.3. The predicted molar refractivity (Wildman–Crippen MR) is 69.5 cm³/mol. The van der Waals surface area contributed by atoms with E-state index in [1.54, 1.807) is 23.0 Å². The largest absolute Gasteiger partial charge is 0.573 e. The van der Waals surface area contributed by atoms with E-state index in [0.29, 0.717) is 12.2 Å². The van der Waals surface area contributed by atoms with Crippen molar-refractivity contribution >= 4 is 0 Å². The Balaban J connectivity index is 2.01. The van der Waals surface area contributed by atoms with Gasteiger partial charge in [0.1, 0.15) is 5.75 Å². The Hall–Kier alpha value is -2.09. The number of hydrogen-bond donors (Lipinski definition) is 1. The van der Waals surface area contributed by atoms with Crippen LogP contribution in [0.5, 0.6) is 5.75 Å². The monoisotopic (exact) mass is 300 g/mol. The zero-order chi connectivity index (χ0) is 15.5. The average Bonchev–Trinajstić information content (AvgIpc) is 2.87. The summed E-state index contributed by atoms with van der Waals surface area (Å²) in [5.41, 5.74) is 7.31. The summed E-state index contributed by atoms with van der Waals surface area (Å²) >= 11 is 0. The lowest BCUT2D eigenvalue weighted by atomic mass is 10.2. The van der Waals surface area contributed by atoms with Crippen molar-refractivity contribution in [2.24, 2.45) is 5.73 Å². The lowest BCUT2D eigenvalue weighted by Gasteiger charge is -2.09. The Bertz CT molecular complexity index is 580. The summed E-state index contributed by atoms with van der Waals surface area (Å²) in [4.78, 5) is 0. The van der Waals surface area contributed by atoms with Gasteiger partial charge in [0.15, 0.2) is 0 Å². The molecule has 0 saturated heterocycles. The van der Waals surface area contributed by atoms with Crippen molar-refractivity contribution in [3.63, 3.8) is 0 Å². The second-order valence-corrected chi connectivity index (χ2v) is 4.55. The van der Waals surface area contributed by atoms with Crippen LogP contribution in [0.1, 0.15) is 30.6 Å². The van der Waals surface area contributed by atoms with E-state index in [4.69, 9.17) is 5.73 Å². The molecular formula is C13H15F3N4O. The first-order valence-electron chi connectivity index (χ1n) is 6.37. The summed E-state index contributed by atoms with van der Waals surface area (Å²) in [5, 5.41) is 7.90. The highest BCUT2D eigenvalue weighted by molar-refractivity contribution is 5.27. The molecule has 1 aromatic carbocycles. The minimum absolute atomic E-state index is 0.165. The van der Waals surface area contributed by atoms with Crippen molar-refractivity contribution in [2.75, 3.05) is 0 Å². The third-order valence-corrected chi connectivity index (χ3v) is 2.88. The lowest BCUT2D eigenvalue weighted by Crippen LogP contribution is -2.17. The van der Waals surface area contributed by atoms with E-state index in [1.807, 2.05) is 6.92 Å². The summed E-state index contributed by atoms with van der Waals surface area (Å²) in [7, 11) is 0. The van der Waals surface area contributed by atoms with Crippen LogP contribution in [0.2, 0.25) is 0 Å². The maximum Gasteiger partial charge on any atom is 0.573 e. The van der Waals surface area contributed by atoms with Crippen LogP contribution in [-0.4, -0.2) is 21.4 Å². The molecule has 8 heteroatoms. The molecule has 0 aliphatic rings. The molecule has 0 spiro atoms. The van der Waals surface area contributed by atoms with E-state index < -0.39 is 6.36 Å². The second kappa shape index (κ2) is 6.13. The van der Waals surface area contributed by atoms with Crippen molar-refractivity contribution in [3.8, 4) is 5.75 Å². The molecule has 0 fully saturated rings. The smallest absolute Gasteiger partial charge is 0.406 e. The van der Waals surface area contributed by atoms with E-state index in [1.165, 1.54) is 12.1 Å². The molecule has 1 heterocycles. The number of rotatable bonds is 5. The van der Waals surface area contributed by atoms with Gasteiger partial charge in [-0.25, -0.2) is 4.68 Å². The van der Waals surface area contributed by atoms with E-state index in [9.17, 15) is 13.2 Å². The third-order valence-electron chi connectivity index (χ3n) is 2.88. The Morgan fingerprint density at radius 1 is 1.29 bits per heavy atom. The fourth-order valence-electron chi connectivity index (χ4n) is 1.75. The van der Waals surface area contributed by atoms with Gasteiger partial charge in [0.25, 0.3) is 0 Å². The van der Waals surface area contributed by atoms with E-state index >= 15 is 0 Å². The fourth-order valence-corrected chi connectivity index (χ4v) is 1.75. The number of hydrogen-bond acceptors (Lipinski definition) is 4. The molecule has 5 nitrogen and oxygen atoms in total. The van der Waals surface area contributed by atoms with Gasteiger partial charge < -0.3 is 10.5 Å². The number of aromatic nitrogens is 3.